The molecule has 0 spiro atoms. The normalized spacial score (nSPS) is 10.7. The lowest BCUT2D eigenvalue weighted by Crippen LogP contribution is -2.27. The van der Waals surface area contributed by atoms with Crippen molar-refractivity contribution >= 4 is 0 Å². The van der Waals surface area contributed by atoms with Gasteiger partial charge in [-0.2, -0.15) is 5.26 Å². The first-order valence-corrected chi connectivity index (χ1v) is 6.02. The number of nitriles is 1. The lowest BCUT2D eigenvalue weighted by molar-refractivity contribution is 0.363. The molecule has 0 aliphatic rings. The minimum Gasteiger partial charge on any atom is -0.490 e. The highest BCUT2D eigenvalue weighted by Crippen LogP contribution is 2.13. The molecule has 0 bridgehead atoms. The first-order valence-electron chi connectivity index (χ1n) is 6.02. The number of nitrogens with zero attached hydrogens (tertiary/aromatic N) is 1. The largest absolute Gasteiger partial charge is 0.490 e. The second-order valence-electron chi connectivity index (χ2n) is 4.84. The van der Waals surface area contributed by atoms with Gasteiger partial charge in [-0.3, -0.25) is 0 Å². The molecule has 96 valence electrons. The van der Waals surface area contributed by atoms with Crippen LogP contribution >= 0.6 is 0 Å². The number of ether oxygens (including phenoxy) is 1. The van der Waals surface area contributed by atoms with Gasteiger partial charge in [-0.15, -0.1) is 0 Å². The first-order chi connectivity index (χ1) is 8.57. The molecule has 0 saturated heterocycles. The van der Waals surface area contributed by atoms with E-state index in [-0.39, 0.29) is 5.41 Å². The van der Waals surface area contributed by atoms with Crippen molar-refractivity contribution in [2.24, 2.45) is 5.41 Å². The molecular formula is C15H20N2O. The first kappa shape index (κ1) is 14.3. The average molecular weight is 244 g/mol. The third kappa shape index (κ3) is 5.03. The number of nitrogens with one attached hydrogen (secondary N) is 1. The summed E-state index contributed by atoms with van der Waals surface area (Å²) in [4.78, 5) is 0. The van der Waals surface area contributed by atoms with E-state index in [0.29, 0.717) is 13.2 Å². The fourth-order valence-electron chi connectivity index (χ4n) is 1.42. The third-order valence-corrected chi connectivity index (χ3v) is 2.49. The molecule has 1 N–H and O–H groups in total. The van der Waals surface area contributed by atoms with Crippen LogP contribution in [0.2, 0.25) is 0 Å². The highest BCUT2D eigenvalue weighted by atomic mass is 16.5. The van der Waals surface area contributed by atoms with Gasteiger partial charge in [0.1, 0.15) is 12.4 Å². The van der Waals surface area contributed by atoms with Crippen molar-refractivity contribution < 1.29 is 4.74 Å². The molecule has 0 aliphatic heterocycles. The summed E-state index contributed by atoms with van der Waals surface area (Å²) in [5.74, 6) is 0.844. The third-order valence-electron chi connectivity index (χ3n) is 2.49. The van der Waals surface area contributed by atoms with Crippen molar-refractivity contribution in [2.75, 3.05) is 13.2 Å². The van der Waals surface area contributed by atoms with E-state index in [2.05, 4.69) is 18.0 Å². The zero-order valence-electron chi connectivity index (χ0n) is 11.1. The Morgan fingerprint density at radius 2 is 2.06 bits per heavy atom. The smallest absolute Gasteiger partial charge is 0.119 e. The predicted molar refractivity (Wildman–Crippen MR) is 73.2 cm³/mol. The minimum absolute atomic E-state index is 0.326. The minimum atomic E-state index is -0.326. The molecule has 1 aromatic carbocycles. The summed E-state index contributed by atoms with van der Waals surface area (Å²) in [6.07, 6.45) is 1.72. The van der Waals surface area contributed by atoms with Crippen molar-refractivity contribution in [3.8, 4) is 11.8 Å². The van der Waals surface area contributed by atoms with Gasteiger partial charge < -0.3 is 10.1 Å². The lowest BCUT2D eigenvalue weighted by Gasteiger charge is -2.15. The standard InChI is InChI=1S/C15H20N2O/c1-4-9-18-14-7-5-13(6-8-14)10-17-12-15(2,3)11-16/h4-8,17H,1,9-10,12H2,2-3H3. The Balaban J connectivity index is 2.40. The van der Waals surface area contributed by atoms with E-state index in [1.54, 1.807) is 6.08 Å². The molecule has 1 rings (SSSR count). The van der Waals surface area contributed by atoms with Crippen LogP contribution < -0.4 is 10.1 Å². The Morgan fingerprint density at radius 3 is 2.61 bits per heavy atom. The summed E-state index contributed by atoms with van der Waals surface area (Å²) in [5.41, 5.74) is 0.849. The maximum absolute atomic E-state index is 8.90. The number of rotatable bonds is 7. The molecule has 0 aliphatic carbocycles. The Morgan fingerprint density at radius 1 is 1.39 bits per heavy atom. The van der Waals surface area contributed by atoms with Crippen molar-refractivity contribution in [1.29, 1.82) is 5.26 Å². The van der Waals surface area contributed by atoms with Gasteiger partial charge in [0.15, 0.2) is 0 Å². The molecule has 0 saturated carbocycles. The number of hydrogen-bond donors (Lipinski definition) is 1. The van der Waals surface area contributed by atoms with Crippen LogP contribution in [0.4, 0.5) is 0 Å². The second-order valence-corrected chi connectivity index (χ2v) is 4.84. The van der Waals surface area contributed by atoms with Crippen LogP contribution in [0.1, 0.15) is 19.4 Å². The summed E-state index contributed by atoms with van der Waals surface area (Å²) in [5, 5.41) is 12.2. The van der Waals surface area contributed by atoms with Crippen molar-refractivity contribution in [1.82, 2.24) is 5.32 Å². The van der Waals surface area contributed by atoms with Crippen LogP contribution in [0.5, 0.6) is 5.75 Å². The summed E-state index contributed by atoms with van der Waals surface area (Å²) >= 11 is 0. The summed E-state index contributed by atoms with van der Waals surface area (Å²) < 4.78 is 5.40. The highest BCUT2D eigenvalue weighted by Gasteiger charge is 2.15. The molecule has 0 fully saturated rings. The lowest BCUT2D eigenvalue weighted by atomic mass is 9.96. The van der Waals surface area contributed by atoms with Gasteiger partial charge in [0.05, 0.1) is 11.5 Å². The Hall–Kier alpha value is -1.79. The topological polar surface area (TPSA) is 45.0 Å². The van der Waals surface area contributed by atoms with E-state index in [4.69, 9.17) is 10.00 Å². The predicted octanol–water partition coefficient (Wildman–Crippen LogP) is 2.89. The second kappa shape index (κ2) is 6.83. The van der Waals surface area contributed by atoms with Crippen molar-refractivity contribution in [3.05, 3.63) is 42.5 Å². The molecule has 0 amide bonds. The fraction of sp³-hybridized carbons (Fsp3) is 0.400. The average Bonchev–Trinajstić information content (AvgIpc) is 2.38. The summed E-state index contributed by atoms with van der Waals surface area (Å²) in [6.45, 7) is 9.41. The van der Waals surface area contributed by atoms with E-state index in [9.17, 15) is 0 Å². The van der Waals surface area contributed by atoms with E-state index in [0.717, 1.165) is 12.3 Å². The molecular weight excluding hydrogens is 224 g/mol. The zero-order chi connectivity index (χ0) is 13.4. The molecule has 0 radical (unpaired) electrons. The Kier molecular flexibility index (Phi) is 5.41. The molecule has 18 heavy (non-hydrogen) atoms. The van der Waals surface area contributed by atoms with Gasteiger partial charge in [-0.25, -0.2) is 0 Å². The van der Waals surface area contributed by atoms with Crippen LogP contribution in [0.25, 0.3) is 0 Å². The molecule has 0 heterocycles. The van der Waals surface area contributed by atoms with Crippen molar-refractivity contribution in [3.63, 3.8) is 0 Å². The molecule has 3 nitrogen and oxygen atoms in total. The quantitative estimate of drug-likeness (QED) is 0.750. The van der Waals surface area contributed by atoms with Crippen LogP contribution in [0, 0.1) is 16.7 Å². The van der Waals surface area contributed by atoms with E-state index in [1.165, 1.54) is 5.56 Å². The monoisotopic (exact) mass is 244 g/mol. The van der Waals surface area contributed by atoms with Gasteiger partial charge in [0.2, 0.25) is 0 Å². The maximum atomic E-state index is 8.90. The maximum Gasteiger partial charge on any atom is 0.119 e. The molecule has 0 atom stereocenters. The summed E-state index contributed by atoms with van der Waals surface area (Å²) in [6, 6.07) is 10.2. The van der Waals surface area contributed by atoms with Crippen LogP contribution in [0.15, 0.2) is 36.9 Å². The number of benzene rings is 1. The van der Waals surface area contributed by atoms with Gasteiger partial charge in [0, 0.05) is 13.1 Å². The Bertz CT molecular complexity index is 415. The van der Waals surface area contributed by atoms with E-state index in [1.807, 2.05) is 38.1 Å². The van der Waals surface area contributed by atoms with Crippen LogP contribution in [0.3, 0.4) is 0 Å². The fourth-order valence-corrected chi connectivity index (χ4v) is 1.42. The number of hydrogen-bond acceptors (Lipinski definition) is 3. The van der Waals surface area contributed by atoms with E-state index >= 15 is 0 Å². The SMILES string of the molecule is C=CCOc1ccc(CNCC(C)(C)C#N)cc1. The van der Waals surface area contributed by atoms with Crippen LogP contribution in [-0.2, 0) is 6.54 Å². The van der Waals surface area contributed by atoms with Crippen molar-refractivity contribution in [2.45, 2.75) is 20.4 Å². The summed E-state index contributed by atoms with van der Waals surface area (Å²) in [7, 11) is 0. The van der Waals surface area contributed by atoms with E-state index < -0.39 is 0 Å². The van der Waals surface area contributed by atoms with Gasteiger partial charge in [-0.1, -0.05) is 24.8 Å². The molecule has 1 aromatic rings. The van der Waals surface area contributed by atoms with Gasteiger partial charge >= 0.3 is 0 Å². The molecule has 0 unspecified atom stereocenters. The van der Waals surface area contributed by atoms with Gasteiger partial charge in [-0.05, 0) is 31.5 Å². The van der Waals surface area contributed by atoms with Gasteiger partial charge in [0.25, 0.3) is 0 Å². The molecule has 3 heteroatoms. The van der Waals surface area contributed by atoms with Crippen LogP contribution in [-0.4, -0.2) is 13.2 Å². The Labute approximate surface area is 109 Å². The highest BCUT2D eigenvalue weighted by molar-refractivity contribution is 5.27. The zero-order valence-corrected chi connectivity index (χ0v) is 11.1. The molecule has 0 aromatic heterocycles.